The molecule has 0 heterocycles. The van der Waals surface area contributed by atoms with Crippen LogP contribution < -0.4 is 5.32 Å². The average molecular weight is 461 g/mol. The Bertz CT molecular complexity index is 1080. The molecule has 5 heteroatoms. The van der Waals surface area contributed by atoms with Gasteiger partial charge in [-0.25, -0.2) is 4.39 Å². The first-order chi connectivity index (χ1) is 16.4. The Hall–Kier alpha value is -3.47. The second kappa shape index (κ2) is 12.1. The molecule has 3 aromatic carbocycles. The number of aryl methyl sites for hydroxylation is 1. The number of hydrogen-bond acceptors (Lipinski definition) is 2. The van der Waals surface area contributed by atoms with E-state index in [1.807, 2.05) is 75.4 Å². The standard InChI is InChI=1S/C29H33FN2O2/c1-4-22(3)31-29(34)27(18-23-10-6-5-7-11-23)32(20-24-16-14-21(2)15-17-24)28(33)19-25-12-8-9-13-26(25)30/h5-17,22,27H,4,18-20H2,1-3H3,(H,31,34). The topological polar surface area (TPSA) is 49.4 Å². The van der Waals surface area contributed by atoms with Crippen LogP contribution in [0.25, 0.3) is 0 Å². The molecule has 0 radical (unpaired) electrons. The normalized spacial score (nSPS) is 12.6. The van der Waals surface area contributed by atoms with Gasteiger partial charge in [0.15, 0.2) is 0 Å². The van der Waals surface area contributed by atoms with Crippen LogP contribution in [0.5, 0.6) is 0 Å². The average Bonchev–Trinajstić information content (AvgIpc) is 2.84. The number of carbonyl (C=O) groups is 2. The lowest BCUT2D eigenvalue weighted by Crippen LogP contribution is -2.52. The van der Waals surface area contributed by atoms with Crippen molar-refractivity contribution >= 4 is 11.8 Å². The molecule has 3 aromatic rings. The van der Waals surface area contributed by atoms with E-state index >= 15 is 0 Å². The van der Waals surface area contributed by atoms with Crippen molar-refractivity contribution in [2.45, 2.75) is 58.7 Å². The molecule has 0 bridgehead atoms. The molecule has 0 fully saturated rings. The fraction of sp³-hybridized carbons (Fsp3) is 0.310. The molecule has 0 aromatic heterocycles. The van der Waals surface area contributed by atoms with Crippen molar-refractivity contribution in [1.82, 2.24) is 10.2 Å². The van der Waals surface area contributed by atoms with E-state index in [2.05, 4.69) is 5.32 Å². The van der Waals surface area contributed by atoms with Crippen LogP contribution in [0.15, 0.2) is 78.9 Å². The van der Waals surface area contributed by atoms with Gasteiger partial charge in [0, 0.05) is 19.0 Å². The predicted molar refractivity (Wildman–Crippen MR) is 134 cm³/mol. The lowest BCUT2D eigenvalue weighted by molar-refractivity contribution is -0.141. The molecule has 0 saturated carbocycles. The Balaban J connectivity index is 1.97. The molecule has 0 aliphatic rings. The van der Waals surface area contributed by atoms with Gasteiger partial charge in [0.1, 0.15) is 11.9 Å². The van der Waals surface area contributed by atoms with E-state index in [4.69, 9.17) is 0 Å². The Morgan fingerprint density at radius 3 is 2.21 bits per heavy atom. The van der Waals surface area contributed by atoms with Crippen LogP contribution in [-0.2, 0) is 29.0 Å². The van der Waals surface area contributed by atoms with Gasteiger partial charge in [-0.2, -0.15) is 0 Å². The van der Waals surface area contributed by atoms with Crippen molar-refractivity contribution in [3.8, 4) is 0 Å². The third-order valence-corrected chi connectivity index (χ3v) is 6.05. The molecule has 178 valence electrons. The molecule has 34 heavy (non-hydrogen) atoms. The predicted octanol–water partition coefficient (Wildman–Crippen LogP) is 5.23. The van der Waals surface area contributed by atoms with E-state index in [9.17, 15) is 14.0 Å². The van der Waals surface area contributed by atoms with Gasteiger partial charge in [-0.15, -0.1) is 0 Å². The zero-order valence-electron chi connectivity index (χ0n) is 20.1. The maximum atomic E-state index is 14.4. The van der Waals surface area contributed by atoms with Crippen LogP contribution in [0, 0.1) is 12.7 Å². The van der Waals surface area contributed by atoms with E-state index in [-0.39, 0.29) is 30.8 Å². The quantitative estimate of drug-likeness (QED) is 0.450. The van der Waals surface area contributed by atoms with Gasteiger partial charge in [-0.05, 0) is 43.0 Å². The summed E-state index contributed by atoms with van der Waals surface area (Å²) in [6.45, 7) is 6.22. The molecule has 0 spiro atoms. The number of nitrogens with zero attached hydrogens (tertiary/aromatic N) is 1. The molecular weight excluding hydrogens is 427 g/mol. The molecule has 0 saturated heterocycles. The monoisotopic (exact) mass is 460 g/mol. The van der Waals surface area contributed by atoms with Gasteiger partial charge in [0.05, 0.1) is 6.42 Å². The zero-order valence-corrected chi connectivity index (χ0v) is 20.1. The molecule has 2 atom stereocenters. The summed E-state index contributed by atoms with van der Waals surface area (Å²) in [4.78, 5) is 28.7. The van der Waals surface area contributed by atoms with Crippen molar-refractivity contribution in [2.24, 2.45) is 0 Å². The van der Waals surface area contributed by atoms with Crippen LogP contribution in [0.1, 0.15) is 42.5 Å². The number of amides is 2. The molecule has 0 aliphatic heterocycles. The second-order valence-electron chi connectivity index (χ2n) is 8.80. The maximum absolute atomic E-state index is 14.4. The molecule has 0 aliphatic carbocycles. The first-order valence-corrected chi connectivity index (χ1v) is 11.8. The van der Waals surface area contributed by atoms with Crippen molar-refractivity contribution in [3.05, 3.63) is 107 Å². The highest BCUT2D eigenvalue weighted by molar-refractivity contribution is 5.89. The summed E-state index contributed by atoms with van der Waals surface area (Å²) < 4.78 is 14.4. The maximum Gasteiger partial charge on any atom is 0.243 e. The number of halogens is 1. The Kier molecular flexibility index (Phi) is 8.97. The minimum atomic E-state index is -0.725. The molecule has 2 amide bonds. The number of benzene rings is 3. The molecule has 1 N–H and O–H groups in total. The second-order valence-corrected chi connectivity index (χ2v) is 8.80. The van der Waals surface area contributed by atoms with E-state index in [0.29, 0.717) is 12.0 Å². The van der Waals surface area contributed by atoms with Crippen LogP contribution in [-0.4, -0.2) is 28.8 Å². The van der Waals surface area contributed by atoms with Gasteiger partial charge < -0.3 is 10.2 Å². The van der Waals surface area contributed by atoms with Crippen molar-refractivity contribution in [1.29, 1.82) is 0 Å². The summed E-state index contributed by atoms with van der Waals surface area (Å²) in [5.74, 6) is -0.909. The molecule has 2 unspecified atom stereocenters. The van der Waals surface area contributed by atoms with Crippen molar-refractivity contribution < 1.29 is 14.0 Å². The van der Waals surface area contributed by atoms with Gasteiger partial charge >= 0.3 is 0 Å². The summed E-state index contributed by atoms with van der Waals surface area (Å²) in [5.41, 5.74) is 3.31. The van der Waals surface area contributed by atoms with Crippen LogP contribution >= 0.6 is 0 Å². The Morgan fingerprint density at radius 2 is 1.56 bits per heavy atom. The highest BCUT2D eigenvalue weighted by Crippen LogP contribution is 2.18. The van der Waals surface area contributed by atoms with E-state index in [0.717, 1.165) is 23.1 Å². The number of nitrogens with one attached hydrogen (secondary N) is 1. The van der Waals surface area contributed by atoms with Crippen LogP contribution in [0.2, 0.25) is 0 Å². The van der Waals surface area contributed by atoms with Gasteiger partial charge in [-0.3, -0.25) is 9.59 Å². The summed E-state index contributed by atoms with van der Waals surface area (Å²) in [6.07, 6.45) is 1.04. The van der Waals surface area contributed by atoms with E-state index < -0.39 is 11.9 Å². The smallest absolute Gasteiger partial charge is 0.243 e. The largest absolute Gasteiger partial charge is 0.352 e. The Morgan fingerprint density at radius 1 is 0.912 bits per heavy atom. The van der Waals surface area contributed by atoms with E-state index in [1.54, 1.807) is 23.1 Å². The fourth-order valence-electron chi connectivity index (χ4n) is 3.79. The number of rotatable bonds is 10. The van der Waals surface area contributed by atoms with Gasteiger partial charge in [0.2, 0.25) is 11.8 Å². The minimum absolute atomic E-state index is 0.0198. The van der Waals surface area contributed by atoms with Gasteiger partial charge in [-0.1, -0.05) is 85.3 Å². The summed E-state index contributed by atoms with van der Waals surface area (Å²) in [6, 6.07) is 23.1. The van der Waals surface area contributed by atoms with Crippen LogP contribution in [0.4, 0.5) is 4.39 Å². The fourth-order valence-corrected chi connectivity index (χ4v) is 3.79. The third kappa shape index (κ3) is 7.01. The summed E-state index contributed by atoms with van der Waals surface area (Å²) >= 11 is 0. The van der Waals surface area contributed by atoms with Gasteiger partial charge in [0.25, 0.3) is 0 Å². The number of hydrogen-bond donors (Lipinski definition) is 1. The summed E-state index contributed by atoms with van der Waals surface area (Å²) in [5, 5.41) is 3.05. The first-order valence-electron chi connectivity index (χ1n) is 11.8. The lowest BCUT2D eigenvalue weighted by atomic mass is 10.0. The SMILES string of the molecule is CCC(C)NC(=O)C(Cc1ccccc1)N(Cc1ccc(C)cc1)C(=O)Cc1ccccc1F. The Labute approximate surface area is 201 Å². The molecule has 4 nitrogen and oxygen atoms in total. The third-order valence-electron chi connectivity index (χ3n) is 6.05. The first kappa shape index (κ1) is 25.2. The highest BCUT2D eigenvalue weighted by Gasteiger charge is 2.31. The summed E-state index contributed by atoms with van der Waals surface area (Å²) in [7, 11) is 0. The molecular formula is C29H33FN2O2. The zero-order chi connectivity index (χ0) is 24.5. The lowest BCUT2D eigenvalue weighted by Gasteiger charge is -2.32. The highest BCUT2D eigenvalue weighted by atomic mass is 19.1. The van der Waals surface area contributed by atoms with Crippen LogP contribution in [0.3, 0.4) is 0 Å². The molecule has 3 rings (SSSR count). The van der Waals surface area contributed by atoms with E-state index in [1.165, 1.54) is 6.07 Å². The van der Waals surface area contributed by atoms with Crippen molar-refractivity contribution in [3.63, 3.8) is 0 Å². The van der Waals surface area contributed by atoms with Crippen molar-refractivity contribution in [2.75, 3.05) is 0 Å². The minimum Gasteiger partial charge on any atom is -0.352 e. The number of carbonyl (C=O) groups excluding carboxylic acids is 2.